The van der Waals surface area contributed by atoms with Crippen molar-refractivity contribution in [1.82, 2.24) is 5.32 Å². The van der Waals surface area contributed by atoms with Crippen molar-refractivity contribution in [2.24, 2.45) is 11.5 Å². The quantitative estimate of drug-likeness (QED) is 0.367. The molecule has 0 aliphatic carbocycles. The molecule has 1 aliphatic rings. The second-order valence-electron chi connectivity index (χ2n) is 4.09. The zero-order valence-corrected chi connectivity index (χ0v) is 16.0. The van der Waals surface area contributed by atoms with Gasteiger partial charge in [0.15, 0.2) is 0 Å². The van der Waals surface area contributed by atoms with Crippen LogP contribution in [-0.4, -0.2) is 83.4 Å². The molecule has 1 aromatic carbocycles. The van der Waals surface area contributed by atoms with Crippen LogP contribution in [-0.2, 0) is 0 Å². The van der Waals surface area contributed by atoms with Crippen LogP contribution in [0.2, 0.25) is 0 Å². The summed E-state index contributed by atoms with van der Waals surface area (Å²) in [4.78, 5) is 2.36. The Balaban J connectivity index is -0.000000372. The molecule has 2 rings (SSSR count). The Morgan fingerprint density at radius 1 is 1.08 bits per heavy atom. The van der Waals surface area contributed by atoms with E-state index < -0.39 is 10.3 Å². The average Bonchev–Trinajstić information content (AvgIpc) is 2.56. The van der Waals surface area contributed by atoms with E-state index in [4.69, 9.17) is 14.9 Å². The van der Waals surface area contributed by atoms with E-state index in [-0.39, 0.29) is 29.6 Å². The first kappa shape index (κ1) is 28.9. The zero-order valence-electron chi connectivity index (χ0n) is 14.4. The number of methoxy groups -OCH3 is 1. The number of para-hydroxylation sites is 2. The molecule has 0 radical (unpaired) electrons. The number of benzene rings is 1. The van der Waals surface area contributed by atoms with Gasteiger partial charge in [-0.2, -0.15) is 0 Å². The van der Waals surface area contributed by atoms with Crippen LogP contribution in [0.4, 0.5) is 5.69 Å². The van der Waals surface area contributed by atoms with Crippen molar-refractivity contribution in [1.29, 1.82) is 0 Å². The molecular formula is C15H29N4NaO3S2. The van der Waals surface area contributed by atoms with Crippen molar-refractivity contribution in [2.75, 3.05) is 38.2 Å². The summed E-state index contributed by atoms with van der Waals surface area (Å²) in [6.45, 7) is 8.22. The van der Waals surface area contributed by atoms with Crippen LogP contribution in [0.5, 0.6) is 5.75 Å². The van der Waals surface area contributed by atoms with Crippen LogP contribution < -0.4 is 26.4 Å². The van der Waals surface area contributed by atoms with E-state index in [2.05, 4.69) is 58.3 Å². The standard InChI is InChI=1S/C11H16N2O.C2H6.2CH3NOS.Na.H/c1-14-11-5-3-2-4-10(11)13-8-6-12-7-9-13;1-2;2*2-1(3)4;;/h2-5,12H,6-9H2,1H3;1-2H3;2*(H3,2,3,4);;. The van der Waals surface area contributed by atoms with Crippen molar-refractivity contribution in [3.05, 3.63) is 24.3 Å². The minimum absolute atomic E-state index is 0. The topological polar surface area (TPSA) is 117 Å². The summed E-state index contributed by atoms with van der Waals surface area (Å²) < 4.78 is 5.34. The van der Waals surface area contributed by atoms with Crippen molar-refractivity contribution >= 4 is 70.0 Å². The van der Waals surface area contributed by atoms with E-state index in [0.29, 0.717) is 0 Å². The molecule has 140 valence electrons. The molecule has 0 saturated carbocycles. The maximum absolute atomic E-state index is 7.56. The summed E-state index contributed by atoms with van der Waals surface area (Å²) in [5, 5.41) is 17.5. The summed E-state index contributed by atoms with van der Waals surface area (Å²) in [6.07, 6.45) is 0. The first-order chi connectivity index (χ1) is 11.4. The number of hydrogen-bond donors (Lipinski definition) is 5. The molecule has 1 saturated heterocycles. The van der Waals surface area contributed by atoms with Gasteiger partial charge >= 0.3 is 29.6 Å². The van der Waals surface area contributed by atoms with E-state index in [1.54, 1.807) is 7.11 Å². The van der Waals surface area contributed by atoms with Gasteiger partial charge in [-0.05, 0) is 36.6 Å². The van der Waals surface area contributed by atoms with Crippen LogP contribution in [0.25, 0.3) is 0 Å². The van der Waals surface area contributed by atoms with Crippen molar-refractivity contribution < 1.29 is 14.9 Å². The fourth-order valence-corrected chi connectivity index (χ4v) is 1.80. The number of hydrogen-bond acceptors (Lipinski definition) is 5. The molecule has 7 nitrogen and oxygen atoms in total. The number of aliphatic hydroxyl groups excluding tert-OH is 2. The molecule has 0 unspecified atom stereocenters. The molecule has 0 atom stereocenters. The van der Waals surface area contributed by atoms with Crippen LogP contribution in [0.3, 0.4) is 0 Å². The fourth-order valence-electron chi connectivity index (χ4n) is 1.80. The predicted molar refractivity (Wildman–Crippen MR) is 115 cm³/mol. The van der Waals surface area contributed by atoms with Crippen LogP contribution in [0, 0.1) is 0 Å². The Morgan fingerprint density at radius 3 is 1.88 bits per heavy atom. The van der Waals surface area contributed by atoms with Gasteiger partial charge in [0.25, 0.3) is 10.3 Å². The molecular weight excluding hydrogens is 371 g/mol. The molecule has 0 bridgehead atoms. The first-order valence-electron chi connectivity index (χ1n) is 7.44. The summed E-state index contributed by atoms with van der Waals surface area (Å²) in [6, 6.07) is 8.19. The number of nitrogens with one attached hydrogen (secondary N) is 1. The maximum atomic E-state index is 7.56. The molecule has 1 heterocycles. The Hall–Kier alpha value is -0.840. The van der Waals surface area contributed by atoms with Crippen LogP contribution in [0.15, 0.2) is 24.3 Å². The Bertz CT molecular complexity index is 456. The Kier molecular flexibility index (Phi) is 22.6. The summed E-state index contributed by atoms with van der Waals surface area (Å²) >= 11 is 7.74. The number of aliphatic hydroxyl groups is 2. The third-order valence-corrected chi connectivity index (χ3v) is 2.54. The fraction of sp³-hybridized carbons (Fsp3) is 0.467. The zero-order chi connectivity index (χ0) is 19.0. The van der Waals surface area contributed by atoms with Crippen LogP contribution >= 0.6 is 24.4 Å². The molecule has 1 aromatic rings. The number of ether oxygens (including phenoxy) is 1. The molecule has 0 aromatic heterocycles. The Morgan fingerprint density at radius 2 is 1.48 bits per heavy atom. The summed E-state index contributed by atoms with van der Waals surface area (Å²) in [5.41, 5.74) is 10.0. The van der Waals surface area contributed by atoms with Crippen LogP contribution in [0.1, 0.15) is 13.8 Å². The number of thiocarbonyl (C=S) groups is 2. The normalized spacial score (nSPS) is 11.6. The molecule has 0 spiro atoms. The minimum atomic E-state index is -0.500. The Labute approximate surface area is 183 Å². The third-order valence-electron chi connectivity index (χ3n) is 2.54. The van der Waals surface area contributed by atoms with E-state index in [1.807, 2.05) is 26.0 Å². The van der Waals surface area contributed by atoms with E-state index in [0.717, 1.165) is 31.9 Å². The number of rotatable bonds is 2. The second-order valence-corrected chi connectivity index (χ2v) is 4.92. The van der Waals surface area contributed by atoms with Gasteiger partial charge in [-0.1, -0.05) is 26.0 Å². The van der Waals surface area contributed by atoms with Crippen molar-refractivity contribution in [3.8, 4) is 5.75 Å². The van der Waals surface area contributed by atoms with Gasteiger partial charge in [0.2, 0.25) is 0 Å². The molecule has 7 N–H and O–H groups in total. The summed E-state index contributed by atoms with van der Waals surface area (Å²) in [7, 11) is 1.72. The molecule has 25 heavy (non-hydrogen) atoms. The number of nitrogens with two attached hydrogens (primary N) is 2. The van der Waals surface area contributed by atoms with Gasteiger partial charge in [0.05, 0.1) is 12.8 Å². The van der Waals surface area contributed by atoms with Gasteiger partial charge in [-0.25, -0.2) is 0 Å². The van der Waals surface area contributed by atoms with E-state index >= 15 is 0 Å². The monoisotopic (exact) mass is 400 g/mol. The second kappa shape index (κ2) is 19.5. The molecule has 1 aliphatic heterocycles. The number of piperazine rings is 1. The first-order valence-corrected chi connectivity index (χ1v) is 8.25. The van der Waals surface area contributed by atoms with Crippen molar-refractivity contribution in [3.63, 3.8) is 0 Å². The van der Waals surface area contributed by atoms with E-state index in [1.165, 1.54) is 5.69 Å². The molecule has 1 fully saturated rings. The summed E-state index contributed by atoms with van der Waals surface area (Å²) in [5.74, 6) is 0.967. The number of anilines is 1. The van der Waals surface area contributed by atoms with Crippen molar-refractivity contribution in [2.45, 2.75) is 13.8 Å². The van der Waals surface area contributed by atoms with E-state index in [9.17, 15) is 0 Å². The third kappa shape index (κ3) is 17.8. The van der Waals surface area contributed by atoms with Gasteiger partial charge < -0.3 is 36.6 Å². The van der Waals surface area contributed by atoms with Gasteiger partial charge in [-0.3, -0.25) is 0 Å². The SMILES string of the molecule is CC.COc1ccccc1N1CCNCC1.NC(O)=S.NC(O)=S.[NaH]. The predicted octanol–water partition coefficient (Wildman–Crippen LogP) is 1.06. The molecule has 0 amide bonds. The number of nitrogens with zero attached hydrogens (tertiary/aromatic N) is 1. The average molecular weight is 401 g/mol. The van der Waals surface area contributed by atoms with Gasteiger partial charge in [0, 0.05) is 26.2 Å². The molecule has 10 heteroatoms. The van der Waals surface area contributed by atoms with Gasteiger partial charge in [-0.15, -0.1) is 0 Å². The van der Waals surface area contributed by atoms with Gasteiger partial charge in [0.1, 0.15) is 5.75 Å².